The number of benzene rings is 2. The molecule has 10 heteroatoms. The number of nitrogens with zero attached hydrogens (tertiary/aromatic N) is 2. The molecule has 1 amide bonds. The quantitative estimate of drug-likeness (QED) is 0.102. The molecule has 40 heavy (non-hydrogen) atoms. The minimum atomic E-state index is -0.989. The number of carbonyl (C=O) groups excluding carboxylic acids is 3. The number of hydrogen-bond acceptors (Lipinski definition) is 9. The van der Waals surface area contributed by atoms with Gasteiger partial charge in [-0.2, -0.15) is 0 Å². The number of amides is 1. The predicted molar refractivity (Wildman–Crippen MR) is 152 cm³/mol. The number of ether oxygens (including phenoxy) is 3. The molecule has 0 radical (unpaired) electrons. The maximum atomic E-state index is 13.4. The lowest BCUT2D eigenvalue weighted by molar-refractivity contribution is -0.132. The fraction of sp³-hybridized carbons (Fsp3) is 0.333. The van der Waals surface area contributed by atoms with Crippen molar-refractivity contribution in [1.29, 1.82) is 0 Å². The maximum Gasteiger partial charge on any atom is 0.350 e. The van der Waals surface area contributed by atoms with Crippen molar-refractivity contribution in [3.05, 3.63) is 75.8 Å². The summed E-state index contributed by atoms with van der Waals surface area (Å²) >= 11 is 0.951. The molecular weight excluding hydrogens is 532 g/mol. The summed E-state index contributed by atoms with van der Waals surface area (Å²) in [7, 11) is 1.26. The van der Waals surface area contributed by atoms with E-state index in [0.29, 0.717) is 41.5 Å². The molecule has 1 aromatic heterocycles. The Morgan fingerprint density at radius 3 is 2.20 bits per heavy atom. The smallest absolute Gasteiger partial charge is 0.350 e. The third-order valence-corrected chi connectivity index (χ3v) is 7.51. The predicted octanol–water partition coefficient (Wildman–Crippen LogP) is 5.83. The molecule has 1 aliphatic heterocycles. The molecule has 1 saturated heterocycles. The van der Waals surface area contributed by atoms with E-state index >= 15 is 0 Å². The number of ketones is 1. The summed E-state index contributed by atoms with van der Waals surface area (Å²) in [5.41, 5.74) is 1.21. The van der Waals surface area contributed by atoms with E-state index in [1.807, 2.05) is 6.92 Å². The Labute approximate surface area is 237 Å². The Morgan fingerprint density at radius 1 is 0.975 bits per heavy atom. The van der Waals surface area contributed by atoms with Crippen LogP contribution in [0, 0.1) is 6.92 Å². The number of aliphatic hydroxyl groups excluding tert-OH is 1. The average molecular weight is 565 g/mol. The van der Waals surface area contributed by atoms with Crippen LogP contribution in [0.4, 0.5) is 5.13 Å². The number of aryl methyl sites for hydroxylation is 1. The van der Waals surface area contributed by atoms with Crippen molar-refractivity contribution in [2.45, 2.75) is 46.1 Å². The van der Waals surface area contributed by atoms with Gasteiger partial charge in [-0.3, -0.25) is 14.5 Å². The Bertz CT molecular complexity index is 1410. The third-order valence-electron chi connectivity index (χ3n) is 6.37. The summed E-state index contributed by atoms with van der Waals surface area (Å²) in [6.45, 7) is 6.83. The lowest BCUT2D eigenvalue weighted by Gasteiger charge is -2.23. The molecule has 2 heterocycles. The average Bonchev–Trinajstić information content (AvgIpc) is 3.48. The highest BCUT2D eigenvalue weighted by Gasteiger charge is 2.48. The van der Waals surface area contributed by atoms with Crippen LogP contribution in [0.15, 0.2) is 54.1 Å². The molecule has 4 rings (SSSR count). The summed E-state index contributed by atoms with van der Waals surface area (Å²) in [6, 6.07) is 12.7. The van der Waals surface area contributed by atoms with Crippen LogP contribution in [0.5, 0.6) is 11.5 Å². The van der Waals surface area contributed by atoms with Crippen LogP contribution in [0.3, 0.4) is 0 Å². The van der Waals surface area contributed by atoms with Gasteiger partial charge in [-0.15, -0.1) is 0 Å². The molecule has 0 saturated carbocycles. The molecule has 0 aliphatic carbocycles. The Kier molecular flexibility index (Phi) is 9.21. The van der Waals surface area contributed by atoms with Crippen molar-refractivity contribution in [3.8, 4) is 11.5 Å². The largest absolute Gasteiger partial charge is 0.507 e. The summed E-state index contributed by atoms with van der Waals surface area (Å²) in [5.74, 6) is -1.35. The lowest BCUT2D eigenvalue weighted by Crippen LogP contribution is -2.29. The van der Waals surface area contributed by atoms with Crippen LogP contribution in [-0.2, 0) is 14.3 Å². The van der Waals surface area contributed by atoms with Crippen molar-refractivity contribution in [2.75, 3.05) is 25.2 Å². The lowest BCUT2D eigenvalue weighted by atomic mass is 9.95. The molecule has 2 aromatic carbocycles. The van der Waals surface area contributed by atoms with Gasteiger partial charge in [-0.1, -0.05) is 43.7 Å². The summed E-state index contributed by atoms with van der Waals surface area (Å²) in [5, 5.41) is 11.5. The highest BCUT2D eigenvalue weighted by atomic mass is 32.1. The minimum Gasteiger partial charge on any atom is -0.507 e. The molecule has 1 aliphatic rings. The number of carbonyl (C=O) groups is 3. The fourth-order valence-electron chi connectivity index (χ4n) is 4.28. The maximum absolute atomic E-state index is 13.4. The SMILES string of the molecule is CCCCOc1ccc(/C(O)=C2\C(=O)C(=O)N(c3nc(C)c(C(=O)OC)s3)C2c2ccc(OCCC)cc2)cc1. The number of methoxy groups -OCH3 is 1. The van der Waals surface area contributed by atoms with Crippen LogP contribution in [-0.4, -0.2) is 48.1 Å². The molecule has 9 nitrogen and oxygen atoms in total. The standard InChI is InChI=1S/C30H32N2O7S/c1-5-7-17-39-22-14-10-20(11-15-22)25(33)23-24(19-8-12-21(13-9-19)38-16-6-2)32(28(35)26(23)34)30-31-18(3)27(40-30)29(36)37-4/h8-15,24,33H,5-7,16-17H2,1-4H3/b25-23+. The summed E-state index contributed by atoms with van der Waals surface area (Å²) in [4.78, 5) is 45.0. The number of hydrogen-bond donors (Lipinski definition) is 1. The first-order valence-corrected chi connectivity index (χ1v) is 13.9. The monoisotopic (exact) mass is 564 g/mol. The summed E-state index contributed by atoms with van der Waals surface area (Å²) in [6.07, 6.45) is 2.77. The van der Waals surface area contributed by atoms with Crippen LogP contribution < -0.4 is 14.4 Å². The number of unbranched alkanes of at least 4 members (excludes halogenated alkanes) is 1. The Balaban J connectivity index is 1.80. The van der Waals surface area contributed by atoms with Crippen molar-refractivity contribution in [2.24, 2.45) is 0 Å². The van der Waals surface area contributed by atoms with Crippen molar-refractivity contribution in [1.82, 2.24) is 4.98 Å². The normalized spacial score (nSPS) is 16.3. The van der Waals surface area contributed by atoms with E-state index in [9.17, 15) is 19.5 Å². The molecule has 0 bridgehead atoms. The summed E-state index contributed by atoms with van der Waals surface area (Å²) < 4.78 is 16.2. The molecule has 1 unspecified atom stereocenters. The fourth-order valence-corrected chi connectivity index (χ4v) is 5.29. The van der Waals surface area contributed by atoms with E-state index < -0.39 is 23.7 Å². The van der Waals surface area contributed by atoms with E-state index in [1.54, 1.807) is 55.5 Å². The van der Waals surface area contributed by atoms with Gasteiger partial charge in [0, 0.05) is 5.56 Å². The van der Waals surface area contributed by atoms with Gasteiger partial charge in [0.15, 0.2) is 5.13 Å². The minimum absolute atomic E-state index is 0.0839. The van der Waals surface area contributed by atoms with Gasteiger partial charge in [0.05, 0.1) is 37.6 Å². The van der Waals surface area contributed by atoms with E-state index in [1.165, 1.54) is 12.0 Å². The zero-order valence-electron chi connectivity index (χ0n) is 22.9. The first-order chi connectivity index (χ1) is 19.3. The topological polar surface area (TPSA) is 115 Å². The van der Waals surface area contributed by atoms with Gasteiger partial charge >= 0.3 is 11.9 Å². The highest BCUT2D eigenvalue weighted by Crippen LogP contribution is 2.44. The van der Waals surface area contributed by atoms with Crippen LogP contribution in [0.2, 0.25) is 0 Å². The van der Waals surface area contributed by atoms with E-state index in [4.69, 9.17) is 14.2 Å². The van der Waals surface area contributed by atoms with Crippen LogP contribution >= 0.6 is 11.3 Å². The Morgan fingerprint density at radius 2 is 1.60 bits per heavy atom. The van der Waals surface area contributed by atoms with Crippen LogP contribution in [0.1, 0.15) is 65.6 Å². The van der Waals surface area contributed by atoms with Gasteiger partial charge < -0.3 is 19.3 Å². The molecule has 210 valence electrons. The first-order valence-electron chi connectivity index (χ1n) is 13.1. The zero-order chi connectivity index (χ0) is 28.8. The molecule has 1 N–H and O–H groups in total. The number of Topliss-reactive ketones (excluding diaryl/α,β-unsaturated/α-hetero) is 1. The second kappa shape index (κ2) is 12.8. The molecular formula is C30H32N2O7S. The van der Waals surface area contributed by atoms with Gasteiger partial charge in [-0.25, -0.2) is 9.78 Å². The number of thiazole rings is 1. The zero-order valence-corrected chi connectivity index (χ0v) is 23.7. The number of esters is 1. The Hall–Kier alpha value is -4.18. The van der Waals surface area contributed by atoms with Gasteiger partial charge in [0.2, 0.25) is 0 Å². The third kappa shape index (κ3) is 5.86. The van der Waals surface area contributed by atoms with E-state index in [2.05, 4.69) is 11.9 Å². The van der Waals surface area contributed by atoms with Gasteiger partial charge in [0.25, 0.3) is 5.78 Å². The molecule has 3 aromatic rings. The van der Waals surface area contributed by atoms with E-state index in [0.717, 1.165) is 30.6 Å². The molecule has 0 spiro atoms. The van der Waals surface area contributed by atoms with Gasteiger partial charge in [0.1, 0.15) is 22.1 Å². The number of aliphatic hydroxyl groups is 1. The van der Waals surface area contributed by atoms with Crippen LogP contribution in [0.25, 0.3) is 5.76 Å². The van der Waals surface area contributed by atoms with E-state index in [-0.39, 0.29) is 21.3 Å². The van der Waals surface area contributed by atoms with Gasteiger partial charge in [-0.05, 0) is 61.7 Å². The first kappa shape index (κ1) is 28.8. The van der Waals surface area contributed by atoms with Crippen molar-refractivity contribution in [3.63, 3.8) is 0 Å². The highest BCUT2D eigenvalue weighted by molar-refractivity contribution is 7.17. The molecule has 1 fully saturated rings. The number of anilines is 1. The van der Waals surface area contributed by atoms with Crippen molar-refractivity contribution >= 4 is 39.9 Å². The second-order valence-corrected chi connectivity index (χ2v) is 10.2. The second-order valence-electron chi connectivity index (χ2n) is 9.22. The number of aromatic nitrogens is 1. The van der Waals surface area contributed by atoms with Crippen molar-refractivity contribution < 1.29 is 33.7 Å². The number of rotatable bonds is 11. The molecule has 1 atom stereocenters.